The molecule has 0 aromatic carbocycles. The standard InChI is InChI=1S/C9H24NO3S/c1-11-10(12-2,13-3)8-7-9-14(4,5)6/h7-9H2,1-6H3/q+1. The van der Waals surface area contributed by atoms with Crippen molar-refractivity contribution in [3.63, 3.8) is 0 Å². The lowest BCUT2D eigenvalue weighted by Gasteiger charge is -2.28. The summed E-state index contributed by atoms with van der Waals surface area (Å²) in [6.45, 7) is 0.716. The smallest absolute Gasteiger partial charge is 0.179 e. The van der Waals surface area contributed by atoms with Crippen LogP contribution in [-0.2, 0) is 14.5 Å². The summed E-state index contributed by atoms with van der Waals surface area (Å²) in [5.41, 5.74) is 0. The summed E-state index contributed by atoms with van der Waals surface area (Å²) in [6.07, 6.45) is 7.94. The Balaban J connectivity index is 3.95. The monoisotopic (exact) mass is 226 g/mol. The van der Waals surface area contributed by atoms with Gasteiger partial charge in [0.15, 0.2) is 6.54 Å². The quantitative estimate of drug-likeness (QED) is 0.487. The largest absolute Gasteiger partial charge is 0.249 e. The van der Waals surface area contributed by atoms with Crippen LogP contribution in [0.2, 0.25) is 0 Å². The van der Waals surface area contributed by atoms with Crippen LogP contribution >= 0.6 is 10.0 Å². The predicted molar refractivity (Wildman–Crippen MR) is 61.0 cm³/mol. The maximum Gasteiger partial charge on any atom is 0.179 e. The fourth-order valence-electron chi connectivity index (χ4n) is 1.19. The molecule has 0 bridgehead atoms. The van der Waals surface area contributed by atoms with Gasteiger partial charge in [-0.25, -0.2) is 10.0 Å². The number of hydrogen-bond acceptors (Lipinski definition) is 3. The maximum absolute atomic E-state index is 5.15. The molecule has 5 heteroatoms. The molecule has 0 aromatic heterocycles. The molecule has 0 unspecified atom stereocenters. The number of nitrogens with zero attached hydrogens (tertiary/aromatic N) is 1. The Bertz CT molecular complexity index is 146. The van der Waals surface area contributed by atoms with Gasteiger partial charge in [0.2, 0.25) is 0 Å². The summed E-state index contributed by atoms with van der Waals surface area (Å²) < 4.78 is 0. The molecule has 0 aliphatic rings. The molecule has 0 aromatic rings. The first kappa shape index (κ1) is 14.2. The van der Waals surface area contributed by atoms with Crippen LogP contribution in [0.4, 0.5) is 0 Å². The molecule has 0 aliphatic heterocycles. The topological polar surface area (TPSA) is 27.7 Å². The van der Waals surface area contributed by atoms with Crippen LogP contribution in [0.5, 0.6) is 0 Å². The third-order valence-electron chi connectivity index (χ3n) is 2.02. The van der Waals surface area contributed by atoms with E-state index in [1.165, 1.54) is 5.75 Å². The van der Waals surface area contributed by atoms with E-state index in [0.717, 1.165) is 6.42 Å². The van der Waals surface area contributed by atoms with Gasteiger partial charge in [0.1, 0.15) is 21.3 Å². The van der Waals surface area contributed by atoms with Crippen LogP contribution in [0.25, 0.3) is 0 Å². The lowest BCUT2D eigenvalue weighted by molar-refractivity contribution is -1.36. The minimum Gasteiger partial charge on any atom is -0.249 e. The molecule has 0 radical (unpaired) electrons. The van der Waals surface area contributed by atoms with Crippen molar-refractivity contribution in [2.75, 3.05) is 52.4 Å². The molecule has 14 heavy (non-hydrogen) atoms. The van der Waals surface area contributed by atoms with Crippen LogP contribution in [0.3, 0.4) is 0 Å². The molecule has 0 saturated carbocycles. The van der Waals surface area contributed by atoms with Crippen LogP contribution in [0.15, 0.2) is 0 Å². The Hall–Kier alpha value is 0.190. The average molecular weight is 226 g/mol. The van der Waals surface area contributed by atoms with Gasteiger partial charge in [-0.05, 0) is 24.5 Å². The Morgan fingerprint density at radius 3 is 1.64 bits per heavy atom. The van der Waals surface area contributed by atoms with Crippen molar-refractivity contribution in [3.05, 3.63) is 0 Å². The molecule has 0 amide bonds. The summed E-state index contributed by atoms with van der Waals surface area (Å²) in [4.78, 5) is 15.3. The van der Waals surface area contributed by atoms with Crippen LogP contribution in [0.1, 0.15) is 6.42 Å². The fourth-order valence-corrected chi connectivity index (χ4v) is 2.18. The lowest BCUT2D eigenvalue weighted by Crippen LogP contribution is -2.45. The highest BCUT2D eigenvalue weighted by Gasteiger charge is 2.30. The Morgan fingerprint density at radius 1 is 0.929 bits per heavy atom. The molecule has 0 aliphatic carbocycles. The normalized spacial score (nSPS) is 14.4. The van der Waals surface area contributed by atoms with E-state index in [1.54, 1.807) is 21.3 Å². The molecule has 4 nitrogen and oxygen atoms in total. The second-order valence-electron chi connectivity index (χ2n) is 4.03. The van der Waals surface area contributed by atoms with Gasteiger partial charge in [-0.15, -0.1) is 14.5 Å². The van der Waals surface area contributed by atoms with Gasteiger partial charge in [-0.2, -0.15) is 0 Å². The van der Waals surface area contributed by atoms with Gasteiger partial charge in [-0.3, -0.25) is 0 Å². The van der Waals surface area contributed by atoms with E-state index in [0.29, 0.717) is 6.54 Å². The molecule has 0 saturated heterocycles. The highest BCUT2D eigenvalue weighted by Crippen LogP contribution is 2.35. The first-order valence-corrected chi connectivity index (χ1v) is 7.63. The molecule has 0 fully saturated rings. The molecule has 0 rings (SSSR count). The SMILES string of the molecule is CO[N+](CCCS(C)(C)C)(OC)OC. The zero-order valence-corrected chi connectivity index (χ0v) is 11.0. The average Bonchev–Trinajstić information content (AvgIpc) is 2.11. The molecule has 0 heterocycles. The summed E-state index contributed by atoms with van der Waals surface area (Å²) >= 11 is 0. The van der Waals surface area contributed by atoms with Gasteiger partial charge < -0.3 is 0 Å². The highest BCUT2D eigenvalue weighted by atomic mass is 32.3. The Labute approximate surface area is 88.9 Å². The van der Waals surface area contributed by atoms with Crippen molar-refractivity contribution in [1.82, 2.24) is 0 Å². The molecule has 0 spiro atoms. The van der Waals surface area contributed by atoms with Crippen molar-refractivity contribution in [3.8, 4) is 0 Å². The second-order valence-corrected chi connectivity index (χ2v) is 8.62. The molecular formula is C9H24NO3S+. The molecule has 0 atom stereocenters. The van der Waals surface area contributed by atoms with Gasteiger partial charge in [0.05, 0.1) is 4.97 Å². The van der Waals surface area contributed by atoms with Gasteiger partial charge in [-0.1, -0.05) is 0 Å². The highest BCUT2D eigenvalue weighted by molar-refractivity contribution is 8.32. The Morgan fingerprint density at radius 2 is 1.36 bits per heavy atom. The van der Waals surface area contributed by atoms with E-state index < -0.39 is 10.0 Å². The minimum absolute atomic E-state index is 0.185. The van der Waals surface area contributed by atoms with Gasteiger partial charge in [0, 0.05) is 6.42 Å². The zero-order valence-electron chi connectivity index (χ0n) is 10.2. The number of hydrogen-bond donors (Lipinski definition) is 0. The minimum atomic E-state index is -0.448. The van der Waals surface area contributed by atoms with E-state index in [-0.39, 0.29) is 4.97 Å². The van der Waals surface area contributed by atoms with Crippen LogP contribution < -0.4 is 0 Å². The lowest BCUT2D eigenvalue weighted by atomic mass is 10.5. The second kappa shape index (κ2) is 5.92. The fraction of sp³-hybridized carbons (Fsp3) is 1.00. The summed E-state index contributed by atoms with van der Waals surface area (Å²) in [5, 5.41) is 0. The van der Waals surface area contributed by atoms with Crippen molar-refractivity contribution >= 4 is 10.0 Å². The summed E-state index contributed by atoms with van der Waals surface area (Å²) in [6, 6.07) is 0. The first-order valence-electron chi connectivity index (χ1n) is 4.60. The van der Waals surface area contributed by atoms with Crippen LogP contribution in [-0.4, -0.2) is 57.4 Å². The Kier molecular flexibility index (Phi) is 6.00. The van der Waals surface area contributed by atoms with Crippen molar-refractivity contribution in [2.45, 2.75) is 6.42 Å². The van der Waals surface area contributed by atoms with Gasteiger partial charge in [0.25, 0.3) is 0 Å². The van der Waals surface area contributed by atoms with Crippen LogP contribution in [0, 0.1) is 0 Å². The van der Waals surface area contributed by atoms with E-state index >= 15 is 0 Å². The maximum atomic E-state index is 5.15. The van der Waals surface area contributed by atoms with Gasteiger partial charge >= 0.3 is 0 Å². The summed E-state index contributed by atoms with van der Waals surface area (Å²) in [7, 11) is 4.29. The van der Waals surface area contributed by atoms with Crippen molar-refractivity contribution in [1.29, 1.82) is 0 Å². The zero-order chi connectivity index (χ0) is 11.2. The van der Waals surface area contributed by atoms with E-state index in [1.807, 2.05) is 0 Å². The number of hydroxylamine groups is 3. The summed E-state index contributed by atoms with van der Waals surface area (Å²) in [5.74, 6) is 1.20. The van der Waals surface area contributed by atoms with E-state index in [4.69, 9.17) is 14.5 Å². The third-order valence-corrected chi connectivity index (χ3v) is 3.54. The third kappa shape index (κ3) is 5.17. The van der Waals surface area contributed by atoms with Crippen molar-refractivity contribution < 1.29 is 19.5 Å². The molecular weight excluding hydrogens is 202 g/mol. The molecule has 0 N–H and O–H groups in total. The number of quaternary nitrogens is 1. The number of rotatable bonds is 7. The first-order chi connectivity index (χ1) is 6.39. The van der Waals surface area contributed by atoms with E-state index in [9.17, 15) is 0 Å². The van der Waals surface area contributed by atoms with E-state index in [2.05, 4.69) is 18.8 Å². The van der Waals surface area contributed by atoms with Crippen molar-refractivity contribution in [2.24, 2.45) is 0 Å². The predicted octanol–water partition coefficient (Wildman–Crippen LogP) is 1.57. The molecule has 88 valence electrons.